The van der Waals surface area contributed by atoms with Crippen LogP contribution in [0.3, 0.4) is 0 Å². The summed E-state index contributed by atoms with van der Waals surface area (Å²) in [6, 6.07) is 8.96. The number of piperazine rings is 1. The predicted octanol–water partition coefficient (Wildman–Crippen LogP) is 3.84. The van der Waals surface area contributed by atoms with Crippen molar-refractivity contribution in [1.29, 1.82) is 0 Å². The Bertz CT molecular complexity index is 556. The molecule has 1 aliphatic heterocycles. The van der Waals surface area contributed by atoms with E-state index in [2.05, 4.69) is 79.6 Å². The molecule has 1 aromatic carbocycles. The molecule has 3 rings (SSSR count). The molecule has 0 bridgehead atoms. The molecule has 0 radical (unpaired) electrons. The number of nitrogens with one attached hydrogen (secondary N) is 1. The van der Waals surface area contributed by atoms with E-state index in [0.717, 1.165) is 26.1 Å². The van der Waals surface area contributed by atoms with Crippen molar-refractivity contribution in [2.45, 2.75) is 44.9 Å². The van der Waals surface area contributed by atoms with Crippen LogP contribution in [0.2, 0.25) is 0 Å². The van der Waals surface area contributed by atoms with Crippen molar-refractivity contribution in [3.8, 4) is 0 Å². The first-order valence-corrected chi connectivity index (χ1v) is 8.61. The first kappa shape index (κ1) is 16.3. The normalized spacial score (nSPS) is 22.6. The Balaban J connectivity index is 1.75. The van der Waals surface area contributed by atoms with Crippen molar-refractivity contribution >= 4 is 5.69 Å². The lowest BCUT2D eigenvalue weighted by atomic mass is 9.94. The Morgan fingerprint density at radius 3 is 2.43 bits per heavy atom. The summed E-state index contributed by atoms with van der Waals surface area (Å²) in [5.74, 6) is 0.419. The summed E-state index contributed by atoms with van der Waals surface area (Å²) in [6.45, 7) is 9.19. The van der Waals surface area contributed by atoms with Gasteiger partial charge >= 0.3 is 0 Å². The van der Waals surface area contributed by atoms with Crippen LogP contribution in [0.1, 0.15) is 38.7 Å². The van der Waals surface area contributed by atoms with Crippen molar-refractivity contribution in [2.75, 3.05) is 24.5 Å². The van der Waals surface area contributed by atoms with Gasteiger partial charge in [0.25, 0.3) is 0 Å². The van der Waals surface area contributed by atoms with Gasteiger partial charge in [0.05, 0.1) is 5.60 Å². The first-order valence-electron chi connectivity index (χ1n) is 8.61. The summed E-state index contributed by atoms with van der Waals surface area (Å²) in [7, 11) is 0. The average Bonchev–Trinajstić information content (AvgIpc) is 2.55. The molecule has 1 saturated heterocycles. The Kier molecular flexibility index (Phi) is 4.88. The van der Waals surface area contributed by atoms with Crippen LogP contribution in [-0.2, 0) is 4.74 Å². The standard InChI is InChI=1S/C20H28N2O/c1-20(2,3)23-19-15-21-13-14-22(19)18-11-9-17(10-12-18)16-7-5-4-6-8-16/h5-12,16,19,21H,4,13-15H2,1-3H3. The van der Waals surface area contributed by atoms with Crippen LogP contribution in [0.4, 0.5) is 5.69 Å². The van der Waals surface area contributed by atoms with Gasteiger partial charge in [0, 0.05) is 31.2 Å². The highest BCUT2D eigenvalue weighted by molar-refractivity contribution is 5.50. The molecule has 3 nitrogen and oxygen atoms in total. The molecule has 23 heavy (non-hydrogen) atoms. The van der Waals surface area contributed by atoms with Crippen LogP contribution >= 0.6 is 0 Å². The molecule has 1 aromatic rings. The van der Waals surface area contributed by atoms with E-state index in [0.29, 0.717) is 5.92 Å². The molecular weight excluding hydrogens is 284 g/mol. The molecule has 1 atom stereocenters. The molecule has 2 aliphatic rings. The number of hydrogen-bond acceptors (Lipinski definition) is 3. The van der Waals surface area contributed by atoms with E-state index in [-0.39, 0.29) is 11.8 Å². The van der Waals surface area contributed by atoms with E-state index in [1.165, 1.54) is 11.3 Å². The summed E-state index contributed by atoms with van der Waals surface area (Å²) in [4.78, 5) is 2.37. The summed E-state index contributed by atoms with van der Waals surface area (Å²) in [5.41, 5.74) is 2.46. The van der Waals surface area contributed by atoms with Crippen LogP contribution in [0.5, 0.6) is 0 Å². The minimum Gasteiger partial charge on any atom is -0.351 e. The predicted molar refractivity (Wildman–Crippen MR) is 96.9 cm³/mol. The molecular formula is C20H28N2O. The van der Waals surface area contributed by atoms with Gasteiger partial charge in [-0.2, -0.15) is 0 Å². The van der Waals surface area contributed by atoms with Gasteiger partial charge in [0.1, 0.15) is 6.23 Å². The zero-order valence-electron chi connectivity index (χ0n) is 14.5. The van der Waals surface area contributed by atoms with E-state index in [1.807, 2.05) is 0 Å². The van der Waals surface area contributed by atoms with Crippen LogP contribution in [0, 0.1) is 0 Å². The Hall–Kier alpha value is -1.58. The summed E-state index contributed by atoms with van der Waals surface area (Å²) < 4.78 is 6.23. The van der Waals surface area contributed by atoms with Crippen LogP contribution in [-0.4, -0.2) is 31.5 Å². The van der Waals surface area contributed by atoms with E-state index in [9.17, 15) is 0 Å². The molecule has 0 spiro atoms. The van der Waals surface area contributed by atoms with Crippen molar-refractivity contribution in [3.63, 3.8) is 0 Å². The fourth-order valence-corrected chi connectivity index (χ4v) is 3.19. The van der Waals surface area contributed by atoms with Crippen molar-refractivity contribution in [3.05, 3.63) is 54.1 Å². The van der Waals surface area contributed by atoms with Gasteiger partial charge in [-0.15, -0.1) is 0 Å². The third-order valence-electron chi connectivity index (χ3n) is 4.25. The maximum Gasteiger partial charge on any atom is 0.143 e. The number of anilines is 1. The van der Waals surface area contributed by atoms with Crippen LogP contribution < -0.4 is 10.2 Å². The molecule has 3 heteroatoms. The highest BCUT2D eigenvalue weighted by Crippen LogP contribution is 2.27. The highest BCUT2D eigenvalue weighted by Gasteiger charge is 2.27. The Morgan fingerprint density at radius 1 is 1.09 bits per heavy atom. The summed E-state index contributed by atoms with van der Waals surface area (Å²) >= 11 is 0. The minimum atomic E-state index is -0.139. The van der Waals surface area contributed by atoms with Gasteiger partial charge in [0.15, 0.2) is 0 Å². The molecule has 1 heterocycles. The zero-order valence-corrected chi connectivity index (χ0v) is 14.5. The fourth-order valence-electron chi connectivity index (χ4n) is 3.19. The Morgan fingerprint density at radius 2 is 1.78 bits per heavy atom. The van der Waals surface area contributed by atoms with Gasteiger partial charge in [-0.1, -0.05) is 36.4 Å². The van der Waals surface area contributed by atoms with Gasteiger partial charge in [-0.05, 0) is 44.9 Å². The van der Waals surface area contributed by atoms with Gasteiger partial charge in [-0.3, -0.25) is 0 Å². The van der Waals surface area contributed by atoms with E-state index < -0.39 is 0 Å². The third-order valence-corrected chi connectivity index (χ3v) is 4.25. The quantitative estimate of drug-likeness (QED) is 0.858. The minimum absolute atomic E-state index is 0.0871. The topological polar surface area (TPSA) is 24.5 Å². The van der Waals surface area contributed by atoms with Crippen LogP contribution in [0.15, 0.2) is 48.6 Å². The molecule has 1 fully saturated rings. The van der Waals surface area contributed by atoms with E-state index in [4.69, 9.17) is 4.74 Å². The van der Waals surface area contributed by atoms with E-state index in [1.54, 1.807) is 0 Å². The average molecular weight is 312 g/mol. The lowest BCUT2D eigenvalue weighted by Gasteiger charge is -2.41. The second-order valence-corrected chi connectivity index (χ2v) is 7.29. The molecule has 0 amide bonds. The summed E-state index contributed by atoms with van der Waals surface area (Å²) in [5, 5.41) is 3.44. The van der Waals surface area contributed by atoms with Crippen molar-refractivity contribution in [1.82, 2.24) is 5.32 Å². The largest absolute Gasteiger partial charge is 0.351 e. The van der Waals surface area contributed by atoms with E-state index >= 15 is 0 Å². The zero-order chi connectivity index (χ0) is 16.3. The lowest BCUT2D eigenvalue weighted by molar-refractivity contribution is -0.0635. The van der Waals surface area contributed by atoms with Crippen LogP contribution in [0.25, 0.3) is 0 Å². The first-order chi connectivity index (χ1) is 11.0. The number of nitrogens with zero attached hydrogens (tertiary/aromatic N) is 1. The maximum absolute atomic E-state index is 6.23. The lowest BCUT2D eigenvalue weighted by Crippen LogP contribution is -2.54. The van der Waals surface area contributed by atoms with Crippen molar-refractivity contribution < 1.29 is 4.74 Å². The number of ether oxygens (including phenoxy) is 1. The molecule has 1 aliphatic carbocycles. The summed E-state index contributed by atoms with van der Waals surface area (Å²) in [6.07, 6.45) is 10.2. The van der Waals surface area contributed by atoms with Gasteiger partial charge in [-0.25, -0.2) is 0 Å². The number of rotatable bonds is 3. The maximum atomic E-state index is 6.23. The Labute approximate surface area is 140 Å². The van der Waals surface area contributed by atoms with Crippen molar-refractivity contribution in [2.24, 2.45) is 0 Å². The van der Waals surface area contributed by atoms with Gasteiger partial charge in [0.2, 0.25) is 0 Å². The molecule has 124 valence electrons. The SMILES string of the molecule is CC(C)(C)OC1CNCCN1c1ccc(C2C=CCC=C2)cc1. The second-order valence-electron chi connectivity index (χ2n) is 7.29. The monoisotopic (exact) mass is 312 g/mol. The number of benzene rings is 1. The molecule has 0 saturated carbocycles. The molecule has 1 N–H and O–H groups in total. The third kappa shape index (κ3) is 4.24. The molecule has 0 aromatic heterocycles. The smallest absolute Gasteiger partial charge is 0.143 e. The fraction of sp³-hybridized carbons (Fsp3) is 0.500. The number of hydrogen-bond donors (Lipinski definition) is 1. The highest BCUT2D eigenvalue weighted by atomic mass is 16.5. The number of allylic oxidation sites excluding steroid dienone is 4. The molecule has 1 unspecified atom stereocenters. The second kappa shape index (κ2) is 6.90. The van der Waals surface area contributed by atoms with Gasteiger partial charge < -0.3 is 15.0 Å².